The number of anilines is 1. The minimum Gasteiger partial charge on any atom is -0.478 e. The third-order valence-electron chi connectivity index (χ3n) is 3.98. The maximum atomic E-state index is 13.1. The van der Waals surface area contributed by atoms with E-state index in [-0.39, 0.29) is 5.75 Å². The molecule has 0 saturated carbocycles. The van der Waals surface area contributed by atoms with Crippen LogP contribution in [-0.2, 0) is 16.0 Å². The normalized spacial score (nSPS) is 15.5. The second-order valence-electron chi connectivity index (χ2n) is 6.39. The Morgan fingerprint density at radius 1 is 1.03 bits per heavy atom. The highest BCUT2D eigenvalue weighted by Gasteiger charge is 2.48. The van der Waals surface area contributed by atoms with Crippen LogP contribution >= 0.6 is 0 Å². The lowest BCUT2D eigenvalue weighted by atomic mass is 9.98. The SMILES string of the molecule is Nc1ccc(Cc2ccc3c(c2)OC(C(F)(F)F)C(C(=O)O)=C3)cc1.O=CC(F)(F)F. The molecule has 11 heteroatoms. The number of benzene rings is 2. The van der Waals surface area contributed by atoms with Gasteiger partial charge in [-0.05, 0) is 41.8 Å². The van der Waals surface area contributed by atoms with Gasteiger partial charge < -0.3 is 15.6 Å². The summed E-state index contributed by atoms with van der Waals surface area (Å²) in [6.45, 7) is 0. The molecule has 0 spiro atoms. The fourth-order valence-corrected chi connectivity index (χ4v) is 2.63. The van der Waals surface area contributed by atoms with Crippen LogP contribution in [0.5, 0.6) is 5.75 Å². The molecular weight excluding hydrogens is 432 g/mol. The van der Waals surface area contributed by atoms with Crippen LogP contribution in [0.2, 0.25) is 0 Å². The largest absolute Gasteiger partial charge is 0.478 e. The van der Waals surface area contributed by atoms with E-state index in [2.05, 4.69) is 0 Å². The second-order valence-corrected chi connectivity index (χ2v) is 6.39. The lowest BCUT2D eigenvalue weighted by molar-refractivity contribution is -0.187. The summed E-state index contributed by atoms with van der Waals surface area (Å²) in [5.74, 6) is -1.64. The van der Waals surface area contributed by atoms with Crippen molar-refractivity contribution in [2.75, 3.05) is 5.73 Å². The number of halogens is 6. The lowest BCUT2D eigenvalue weighted by Gasteiger charge is -2.27. The number of alkyl halides is 6. The molecule has 166 valence electrons. The van der Waals surface area contributed by atoms with Crippen molar-refractivity contribution in [3.05, 3.63) is 64.7 Å². The summed E-state index contributed by atoms with van der Waals surface area (Å²) >= 11 is 0. The Morgan fingerprint density at radius 2 is 1.58 bits per heavy atom. The fourth-order valence-electron chi connectivity index (χ4n) is 2.63. The van der Waals surface area contributed by atoms with E-state index < -0.39 is 36.3 Å². The minimum absolute atomic E-state index is 0.0141. The maximum absolute atomic E-state index is 13.1. The third-order valence-corrected chi connectivity index (χ3v) is 3.98. The Kier molecular flexibility index (Phi) is 6.98. The van der Waals surface area contributed by atoms with E-state index in [1.807, 2.05) is 12.1 Å². The quantitative estimate of drug-likeness (QED) is 0.414. The van der Waals surface area contributed by atoms with Gasteiger partial charge in [0.15, 0.2) is 0 Å². The number of carbonyl (C=O) groups is 2. The van der Waals surface area contributed by atoms with Crippen molar-refractivity contribution in [3.63, 3.8) is 0 Å². The Labute approximate surface area is 171 Å². The van der Waals surface area contributed by atoms with Gasteiger partial charge in [0.2, 0.25) is 12.4 Å². The van der Waals surface area contributed by atoms with Crippen LogP contribution in [0.3, 0.4) is 0 Å². The van der Waals surface area contributed by atoms with Gasteiger partial charge in [0.05, 0.1) is 5.57 Å². The molecule has 0 bridgehead atoms. The average Bonchev–Trinajstić information content (AvgIpc) is 2.68. The van der Waals surface area contributed by atoms with Crippen molar-refractivity contribution in [2.24, 2.45) is 0 Å². The topological polar surface area (TPSA) is 89.6 Å². The lowest BCUT2D eigenvalue weighted by Crippen LogP contribution is -2.40. The van der Waals surface area contributed by atoms with E-state index >= 15 is 0 Å². The van der Waals surface area contributed by atoms with E-state index in [0.717, 1.165) is 17.2 Å². The predicted molar refractivity (Wildman–Crippen MR) is 98.3 cm³/mol. The molecule has 1 unspecified atom stereocenters. The molecule has 3 rings (SSSR count). The van der Waals surface area contributed by atoms with Gasteiger partial charge in [-0.25, -0.2) is 4.79 Å². The van der Waals surface area contributed by atoms with Crippen LogP contribution in [0.15, 0.2) is 48.0 Å². The average molecular weight is 447 g/mol. The van der Waals surface area contributed by atoms with Gasteiger partial charge in [-0.3, -0.25) is 4.79 Å². The van der Waals surface area contributed by atoms with Gasteiger partial charge in [0, 0.05) is 11.3 Å². The molecule has 2 aromatic rings. The number of ether oxygens (including phenoxy) is 1. The zero-order valence-corrected chi connectivity index (χ0v) is 15.5. The summed E-state index contributed by atoms with van der Waals surface area (Å²) in [4.78, 5) is 19.8. The van der Waals surface area contributed by atoms with Crippen molar-refractivity contribution in [1.82, 2.24) is 0 Å². The van der Waals surface area contributed by atoms with Gasteiger partial charge in [0.1, 0.15) is 5.75 Å². The summed E-state index contributed by atoms with van der Waals surface area (Å²) in [5, 5.41) is 9.01. The first kappa shape index (κ1) is 23.8. The summed E-state index contributed by atoms with van der Waals surface area (Å²) in [5.41, 5.74) is 7.41. The molecular formula is C20H15F6NO4. The number of aldehydes is 1. The number of carboxylic acid groups (broad SMARTS) is 1. The summed E-state index contributed by atoms with van der Waals surface area (Å²) in [6.07, 6.45) is -11.5. The number of aliphatic carboxylic acids is 1. The number of nitrogen functional groups attached to an aromatic ring is 1. The van der Waals surface area contributed by atoms with Crippen molar-refractivity contribution < 1.29 is 45.8 Å². The standard InChI is InChI=1S/C18H14F3NO3.C2HF3O/c19-18(20,21)16-14(17(23)24)9-12-4-1-11(8-15(12)25-16)7-10-2-5-13(22)6-3-10;3-2(4,5)1-6/h1-6,8-9,16H,7,22H2,(H,23,24);1H. The molecule has 0 aliphatic carbocycles. The van der Waals surface area contributed by atoms with Crippen molar-refractivity contribution in [1.29, 1.82) is 0 Å². The molecule has 1 aliphatic heterocycles. The zero-order chi connectivity index (χ0) is 23.4. The van der Waals surface area contributed by atoms with Gasteiger partial charge >= 0.3 is 18.3 Å². The molecule has 2 aromatic carbocycles. The van der Waals surface area contributed by atoms with Crippen LogP contribution in [0.1, 0.15) is 16.7 Å². The van der Waals surface area contributed by atoms with E-state index in [1.54, 1.807) is 24.3 Å². The predicted octanol–water partition coefficient (Wildman–Crippen LogP) is 4.40. The summed E-state index contributed by atoms with van der Waals surface area (Å²) < 4.78 is 75.5. The third kappa shape index (κ3) is 6.76. The van der Waals surface area contributed by atoms with E-state index in [0.29, 0.717) is 17.7 Å². The van der Waals surface area contributed by atoms with Gasteiger partial charge in [-0.2, -0.15) is 26.3 Å². The van der Waals surface area contributed by atoms with Crippen LogP contribution in [-0.4, -0.2) is 35.8 Å². The molecule has 0 aromatic heterocycles. The van der Waals surface area contributed by atoms with Gasteiger partial charge in [-0.1, -0.05) is 24.3 Å². The fraction of sp³-hybridized carbons (Fsp3) is 0.200. The monoisotopic (exact) mass is 447 g/mol. The van der Waals surface area contributed by atoms with Gasteiger partial charge in [0.25, 0.3) is 0 Å². The number of carbonyl (C=O) groups excluding carboxylic acids is 1. The Morgan fingerprint density at radius 3 is 2.06 bits per heavy atom. The van der Waals surface area contributed by atoms with Crippen LogP contribution in [0.25, 0.3) is 6.08 Å². The molecule has 5 nitrogen and oxygen atoms in total. The Hall–Kier alpha value is -3.50. The highest BCUT2D eigenvalue weighted by Crippen LogP contribution is 2.37. The molecule has 0 saturated heterocycles. The first-order valence-corrected chi connectivity index (χ1v) is 8.49. The van der Waals surface area contributed by atoms with Crippen molar-refractivity contribution in [2.45, 2.75) is 24.9 Å². The van der Waals surface area contributed by atoms with E-state index in [4.69, 9.17) is 20.4 Å². The highest BCUT2D eigenvalue weighted by atomic mass is 19.4. The first-order chi connectivity index (χ1) is 14.3. The number of hydrogen-bond acceptors (Lipinski definition) is 4. The molecule has 31 heavy (non-hydrogen) atoms. The van der Waals surface area contributed by atoms with Crippen molar-refractivity contribution >= 4 is 24.0 Å². The Bertz CT molecular complexity index is 981. The molecule has 1 heterocycles. The second kappa shape index (κ2) is 9.11. The number of fused-ring (bicyclic) bond motifs is 1. The molecule has 3 N–H and O–H groups in total. The minimum atomic E-state index is -4.81. The molecule has 0 amide bonds. The van der Waals surface area contributed by atoms with Crippen LogP contribution < -0.4 is 10.5 Å². The van der Waals surface area contributed by atoms with Crippen LogP contribution in [0, 0.1) is 0 Å². The number of rotatable bonds is 3. The zero-order valence-electron chi connectivity index (χ0n) is 15.5. The Balaban J connectivity index is 0.000000501. The highest BCUT2D eigenvalue weighted by molar-refractivity contribution is 5.95. The molecule has 0 fully saturated rings. The number of nitrogens with two attached hydrogens (primary N) is 1. The number of hydrogen-bond donors (Lipinski definition) is 2. The summed E-state index contributed by atoms with van der Waals surface area (Å²) in [6, 6.07) is 11.9. The summed E-state index contributed by atoms with van der Waals surface area (Å²) in [7, 11) is 0. The maximum Gasteiger partial charge on any atom is 0.446 e. The number of carboxylic acids is 1. The smallest absolute Gasteiger partial charge is 0.446 e. The van der Waals surface area contributed by atoms with Crippen LogP contribution in [0.4, 0.5) is 32.0 Å². The van der Waals surface area contributed by atoms with Crippen molar-refractivity contribution in [3.8, 4) is 5.75 Å². The van der Waals surface area contributed by atoms with Gasteiger partial charge in [-0.15, -0.1) is 0 Å². The van der Waals surface area contributed by atoms with E-state index in [1.165, 1.54) is 6.07 Å². The molecule has 1 atom stereocenters. The molecule has 1 aliphatic rings. The van der Waals surface area contributed by atoms with E-state index in [9.17, 15) is 31.1 Å². The molecule has 0 radical (unpaired) electrons. The first-order valence-electron chi connectivity index (χ1n) is 8.49.